The molecular formula is C14H17N3O3. The van der Waals surface area contributed by atoms with Crippen LogP contribution < -0.4 is 10.6 Å². The maximum atomic E-state index is 12.0. The number of likely N-dealkylation sites (N-methyl/N-ethyl adjacent to an activating group) is 1. The maximum Gasteiger partial charge on any atom is 0.356 e. The maximum absolute atomic E-state index is 12.0. The number of nitrogens with one attached hydrogen (secondary N) is 3. The molecule has 0 aliphatic heterocycles. The van der Waals surface area contributed by atoms with Crippen LogP contribution in [-0.2, 0) is 9.53 Å². The van der Waals surface area contributed by atoms with Gasteiger partial charge in [0, 0.05) is 10.9 Å². The topological polar surface area (TPSA) is 83.2 Å². The molecule has 6 heteroatoms. The van der Waals surface area contributed by atoms with Gasteiger partial charge < -0.3 is 20.4 Å². The summed E-state index contributed by atoms with van der Waals surface area (Å²) in [6.07, 6.45) is 0. The monoisotopic (exact) mass is 275 g/mol. The van der Waals surface area contributed by atoms with E-state index >= 15 is 0 Å². The summed E-state index contributed by atoms with van der Waals surface area (Å²) in [6.45, 7) is 2.18. The van der Waals surface area contributed by atoms with E-state index in [-0.39, 0.29) is 24.8 Å². The van der Waals surface area contributed by atoms with Crippen molar-refractivity contribution in [3.8, 4) is 0 Å². The number of rotatable bonds is 5. The number of benzene rings is 1. The van der Waals surface area contributed by atoms with E-state index in [2.05, 4.69) is 15.6 Å². The van der Waals surface area contributed by atoms with E-state index in [0.717, 1.165) is 10.9 Å². The molecule has 0 unspecified atom stereocenters. The Kier molecular flexibility index (Phi) is 4.37. The van der Waals surface area contributed by atoms with Crippen LogP contribution in [0.1, 0.15) is 17.4 Å². The van der Waals surface area contributed by atoms with E-state index in [0.29, 0.717) is 5.69 Å². The second-order valence-electron chi connectivity index (χ2n) is 4.22. The quantitative estimate of drug-likeness (QED) is 0.722. The van der Waals surface area contributed by atoms with Crippen LogP contribution in [0.15, 0.2) is 24.3 Å². The zero-order chi connectivity index (χ0) is 14.5. The predicted octanol–water partition coefficient (Wildman–Crippen LogP) is 1.50. The van der Waals surface area contributed by atoms with Gasteiger partial charge in [0.25, 0.3) is 0 Å². The number of fused-ring (bicyclic) bond motifs is 1. The second-order valence-corrected chi connectivity index (χ2v) is 4.22. The van der Waals surface area contributed by atoms with Crippen molar-refractivity contribution in [2.24, 2.45) is 0 Å². The Morgan fingerprint density at radius 2 is 2.05 bits per heavy atom. The molecular weight excluding hydrogens is 258 g/mol. The highest BCUT2D eigenvalue weighted by Gasteiger charge is 2.20. The van der Waals surface area contributed by atoms with Crippen LogP contribution in [0.4, 0.5) is 5.69 Å². The standard InChI is InChI=1S/C14H17N3O3/c1-3-20-14(19)13-12(17-11(18)8-15-2)9-6-4-5-7-10(9)16-13/h4-7,15-16H,3,8H2,1-2H3,(H,17,18). The first-order valence-electron chi connectivity index (χ1n) is 6.39. The molecule has 0 fully saturated rings. The minimum absolute atomic E-state index is 0.168. The molecule has 0 aliphatic rings. The van der Waals surface area contributed by atoms with Crippen molar-refractivity contribution >= 4 is 28.5 Å². The van der Waals surface area contributed by atoms with Crippen molar-refractivity contribution in [3.05, 3.63) is 30.0 Å². The Balaban J connectivity index is 2.44. The summed E-state index contributed by atoms with van der Waals surface area (Å²) in [5.41, 5.74) is 1.49. The van der Waals surface area contributed by atoms with Crippen LogP contribution in [0.25, 0.3) is 10.9 Å². The number of esters is 1. The van der Waals surface area contributed by atoms with Gasteiger partial charge in [-0.15, -0.1) is 0 Å². The lowest BCUT2D eigenvalue weighted by Gasteiger charge is -2.06. The number of ether oxygens (including phenoxy) is 1. The molecule has 1 aromatic carbocycles. The molecule has 0 aliphatic carbocycles. The number of hydrogen-bond donors (Lipinski definition) is 3. The van der Waals surface area contributed by atoms with Crippen molar-refractivity contribution in [2.75, 3.05) is 25.5 Å². The van der Waals surface area contributed by atoms with E-state index in [1.54, 1.807) is 14.0 Å². The lowest BCUT2D eigenvalue weighted by Crippen LogP contribution is -2.25. The molecule has 1 amide bonds. The Morgan fingerprint density at radius 3 is 2.75 bits per heavy atom. The Labute approximate surface area is 116 Å². The highest BCUT2D eigenvalue weighted by atomic mass is 16.5. The smallest absolute Gasteiger partial charge is 0.356 e. The fourth-order valence-corrected chi connectivity index (χ4v) is 1.97. The average Bonchev–Trinajstić information content (AvgIpc) is 2.78. The molecule has 0 atom stereocenters. The van der Waals surface area contributed by atoms with E-state index < -0.39 is 5.97 Å². The molecule has 0 spiro atoms. The lowest BCUT2D eigenvalue weighted by molar-refractivity contribution is -0.115. The summed E-state index contributed by atoms with van der Waals surface area (Å²) >= 11 is 0. The van der Waals surface area contributed by atoms with Crippen molar-refractivity contribution in [1.82, 2.24) is 10.3 Å². The van der Waals surface area contributed by atoms with Gasteiger partial charge in [-0.1, -0.05) is 18.2 Å². The highest BCUT2D eigenvalue weighted by molar-refractivity contribution is 6.11. The number of carbonyl (C=O) groups is 2. The number of carbonyl (C=O) groups excluding carboxylic acids is 2. The number of anilines is 1. The molecule has 0 radical (unpaired) electrons. The number of amides is 1. The molecule has 3 N–H and O–H groups in total. The van der Waals surface area contributed by atoms with E-state index in [4.69, 9.17) is 4.74 Å². The molecule has 0 bridgehead atoms. The van der Waals surface area contributed by atoms with E-state index in [9.17, 15) is 9.59 Å². The van der Waals surface area contributed by atoms with Gasteiger partial charge in [-0.25, -0.2) is 4.79 Å². The van der Waals surface area contributed by atoms with E-state index in [1.807, 2.05) is 24.3 Å². The van der Waals surface area contributed by atoms with Crippen molar-refractivity contribution in [1.29, 1.82) is 0 Å². The SMILES string of the molecule is CCOC(=O)c1[nH]c2ccccc2c1NC(=O)CNC. The highest BCUT2D eigenvalue weighted by Crippen LogP contribution is 2.28. The zero-order valence-electron chi connectivity index (χ0n) is 11.4. The predicted molar refractivity (Wildman–Crippen MR) is 76.8 cm³/mol. The third-order valence-corrected chi connectivity index (χ3v) is 2.79. The van der Waals surface area contributed by atoms with Gasteiger partial charge in [0.1, 0.15) is 5.69 Å². The zero-order valence-corrected chi connectivity index (χ0v) is 11.4. The first-order chi connectivity index (χ1) is 9.67. The van der Waals surface area contributed by atoms with Crippen LogP contribution in [-0.4, -0.2) is 37.1 Å². The normalized spacial score (nSPS) is 10.5. The second kappa shape index (κ2) is 6.21. The van der Waals surface area contributed by atoms with Crippen LogP contribution >= 0.6 is 0 Å². The van der Waals surface area contributed by atoms with Crippen molar-refractivity contribution in [2.45, 2.75) is 6.92 Å². The summed E-state index contributed by atoms with van der Waals surface area (Å²) in [6, 6.07) is 7.38. The summed E-state index contributed by atoms with van der Waals surface area (Å²) in [7, 11) is 1.68. The summed E-state index contributed by atoms with van der Waals surface area (Å²) in [5.74, 6) is -0.703. The molecule has 106 valence electrons. The summed E-state index contributed by atoms with van der Waals surface area (Å²) in [5, 5.41) is 6.28. The Bertz CT molecular complexity index is 634. The van der Waals surface area contributed by atoms with Gasteiger partial charge in [0.15, 0.2) is 0 Å². The van der Waals surface area contributed by atoms with E-state index in [1.165, 1.54) is 0 Å². The molecule has 0 saturated carbocycles. The Morgan fingerprint density at radius 1 is 1.30 bits per heavy atom. The van der Waals surface area contributed by atoms with Crippen LogP contribution in [0.3, 0.4) is 0 Å². The average molecular weight is 275 g/mol. The van der Waals surface area contributed by atoms with Crippen molar-refractivity contribution < 1.29 is 14.3 Å². The van der Waals surface area contributed by atoms with Gasteiger partial charge in [0.05, 0.1) is 18.8 Å². The van der Waals surface area contributed by atoms with Gasteiger partial charge in [-0.2, -0.15) is 0 Å². The lowest BCUT2D eigenvalue weighted by atomic mass is 10.2. The third-order valence-electron chi connectivity index (χ3n) is 2.79. The van der Waals surface area contributed by atoms with Crippen molar-refractivity contribution in [3.63, 3.8) is 0 Å². The molecule has 6 nitrogen and oxygen atoms in total. The summed E-state index contributed by atoms with van der Waals surface area (Å²) < 4.78 is 5.00. The van der Waals surface area contributed by atoms with Crippen LogP contribution in [0.2, 0.25) is 0 Å². The molecule has 1 heterocycles. The number of para-hydroxylation sites is 1. The molecule has 0 saturated heterocycles. The first-order valence-corrected chi connectivity index (χ1v) is 6.39. The first kappa shape index (κ1) is 14.1. The molecule has 20 heavy (non-hydrogen) atoms. The van der Waals surface area contributed by atoms with Gasteiger partial charge in [-0.3, -0.25) is 4.79 Å². The van der Waals surface area contributed by atoms with Crippen LogP contribution in [0, 0.1) is 0 Å². The van der Waals surface area contributed by atoms with Gasteiger partial charge in [0.2, 0.25) is 5.91 Å². The van der Waals surface area contributed by atoms with Crippen LogP contribution in [0.5, 0.6) is 0 Å². The fraction of sp³-hybridized carbons (Fsp3) is 0.286. The van der Waals surface area contributed by atoms with Gasteiger partial charge >= 0.3 is 5.97 Å². The molecule has 2 rings (SSSR count). The Hall–Kier alpha value is -2.34. The number of aromatic amines is 1. The minimum atomic E-state index is -0.483. The third kappa shape index (κ3) is 2.80. The van der Waals surface area contributed by atoms with Gasteiger partial charge in [-0.05, 0) is 20.0 Å². The molecule has 1 aromatic heterocycles. The largest absolute Gasteiger partial charge is 0.461 e. The number of aromatic nitrogens is 1. The minimum Gasteiger partial charge on any atom is -0.461 e. The number of hydrogen-bond acceptors (Lipinski definition) is 4. The fourth-order valence-electron chi connectivity index (χ4n) is 1.97. The number of H-pyrrole nitrogens is 1. The summed E-state index contributed by atoms with van der Waals surface area (Å²) in [4.78, 5) is 26.7. The molecule has 2 aromatic rings.